The Labute approximate surface area is 96.1 Å². The molecule has 0 aromatic heterocycles. The van der Waals surface area contributed by atoms with Crippen molar-refractivity contribution in [3.8, 4) is 0 Å². The fraction of sp³-hybridized carbons (Fsp3) is 1.00. The first-order valence-corrected chi connectivity index (χ1v) is 7.39. The molecule has 0 fully saturated rings. The van der Waals surface area contributed by atoms with Crippen LogP contribution < -0.4 is 0 Å². The molecule has 0 aromatic rings. The number of rotatable bonds is 9. The van der Waals surface area contributed by atoms with E-state index in [2.05, 4.69) is 13.8 Å². The second kappa shape index (κ2) is 9.33. The zero-order chi connectivity index (χ0) is 11.7. The van der Waals surface area contributed by atoms with Gasteiger partial charge >= 0.3 is 9.53 Å². The van der Waals surface area contributed by atoms with Crippen molar-refractivity contribution >= 4 is 9.53 Å². The Morgan fingerprint density at radius 1 is 1.00 bits per heavy atom. The zero-order valence-corrected chi connectivity index (χ0v) is 11.9. The van der Waals surface area contributed by atoms with Gasteiger partial charge in [0.2, 0.25) is 0 Å². The van der Waals surface area contributed by atoms with E-state index >= 15 is 0 Å². The molecule has 0 heterocycles. The number of hydrogen-bond donors (Lipinski definition) is 0. The summed E-state index contributed by atoms with van der Waals surface area (Å²) < 4.78 is 16.8. The van der Waals surface area contributed by atoms with E-state index in [0.29, 0.717) is 6.10 Å². The van der Waals surface area contributed by atoms with Crippen LogP contribution in [0.15, 0.2) is 0 Å². The third-order valence-corrected chi connectivity index (χ3v) is 3.86. The lowest BCUT2D eigenvalue weighted by atomic mass is 10.1. The molecule has 1 atom stereocenters. The minimum atomic E-state index is -1.89. The van der Waals surface area contributed by atoms with E-state index in [1.54, 1.807) is 7.11 Å². The Kier molecular flexibility index (Phi) is 9.39. The maximum atomic E-state index is 5.89. The lowest BCUT2D eigenvalue weighted by Gasteiger charge is -2.23. The first kappa shape index (κ1) is 15.1. The molecule has 0 saturated heterocycles. The van der Waals surface area contributed by atoms with Crippen LogP contribution in [0.1, 0.15) is 53.4 Å². The van der Waals surface area contributed by atoms with Gasteiger partial charge in [0, 0.05) is 19.3 Å². The molecule has 3 nitrogen and oxygen atoms in total. The van der Waals surface area contributed by atoms with Crippen LogP contribution in [0.25, 0.3) is 0 Å². The maximum Gasteiger partial charge on any atom is 0.484 e. The van der Waals surface area contributed by atoms with Gasteiger partial charge in [0.1, 0.15) is 0 Å². The molecule has 0 N–H and O–H groups in total. The minimum absolute atomic E-state index is 0.186. The summed E-state index contributed by atoms with van der Waals surface area (Å²) in [7, 11) is -0.217. The highest BCUT2D eigenvalue weighted by molar-refractivity contribution is 6.36. The van der Waals surface area contributed by atoms with E-state index < -0.39 is 9.53 Å². The van der Waals surface area contributed by atoms with Crippen molar-refractivity contribution < 1.29 is 13.3 Å². The van der Waals surface area contributed by atoms with Gasteiger partial charge in [-0.1, -0.05) is 26.7 Å². The third-order valence-electron chi connectivity index (χ3n) is 2.10. The molecule has 0 bridgehead atoms. The van der Waals surface area contributed by atoms with Crippen LogP contribution in [0.3, 0.4) is 0 Å². The Morgan fingerprint density at radius 3 is 1.87 bits per heavy atom. The molecule has 92 valence electrons. The van der Waals surface area contributed by atoms with Crippen molar-refractivity contribution in [1.82, 2.24) is 0 Å². The van der Waals surface area contributed by atoms with E-state index in [1.165, 1.54) is 0 Å². The van der Waals surface area contributed by atoms with Gasteiger partial charge in [0.25, 0.3) is 0 Å². The molecular formula is C11H26O3Si. The van der Waals surface area contributed by atoms with E-state index in [4.69, 9.17) is 13.3 Å². The van der Waals surface area contributed by atoms with Crippen molar-refractivity contribution in [2.45, 2.75) is 65.6 Å². The van der Waals surface area contributed by atoms with E-state index in [0.717, 1.165) is 25.7 Å². The molecular weight excluding hydrogens is 208 g/mol. The number of hydrogen-bond acceptors (Lipinski definition) is 3. The first-order chi connectivity index (χ1) is 7.13. The van der Waals surface area contributed by atoms with Gasteiger partial charge in [0.05, 0.1) is 0 Å². The summed E-state index contributed by atoms with van der Waals surface area (Å²) in [5, 5.41) is 0. The van der Waals surface area contributed by atoms with Crippen LogP contribution >= 0.6 is 0 Å². The molecule has 0 spiro atoms. The van der Waals surface area contributed by atoms with Crippen molar-refractivity contribution in [1.29, 1.82) is 0 Å². The molecule has 1 unspecified atom stereocenters. The van der Waals surface area contributed by atoms with Crippen LogP contribution in [0.4, 0.5) is 0 Å². The van der Waals surface area contributed by atoms with Gasteiger partial charge < -0.3 is 13.3 Å². The Morgan fingerprint density at radius 2 is 1.53 bits per heavy atom. The molecule has 15 heavy (non-hydrogen) atoms. The predicted molar refractivity (Wildman–Crippen MR) is 65.1 cm³/mol. The largest absolute Gasteiger partial charge is 0.484 e. The highest BCUT2D eigenvalue weighted by Gasteiger charge is 2.20. The lowest BCUT2D eigenvalue weighted by Crippen LogP contribution is -2.33. The molecule has 0 saturated carbocycles. The summed E-state index contributed by atoms with van der Waals surface area (Å²) in [6, 6.07) is 0. The summed E-state index contributed by atoms with van der Waals surface area (Å²) in [5.74, 6) is 0. The smallest absolute Gasteiger partial charge is 0.379 e. The van der Waals surface area contributed by atoms with Crippen LogP contribution in [0, 0.1) is 0 Å². The highest BCUT2D eigenvalue weighted by atomic mass is 28.3. The van der Waals surface area contributed by atoms with E-state index in [9.17, 15) is 0 Å². The minimum Gasteiger partial charge on any atom is -0.379 e. The third kappa shape index (κ3) is 7.96. The highest BCUT2D eigenvalue weighted by Crippen LogP contribution is 2.12. The van der Waals surface area contributed by atoms with Crippen molar-refractivity contribution in [3.05, 3.63) is 0 Å². The van der Waals surface area contributed by atoms with Crippen molar-refractivity contribution in [2.75, 3.05) is 7.11 Å². The quantitative estimate of drug-likeness (QED) is 0.574. The lowest BCUT2D eigenvalue weighted by molar-refractivity contribution is 0.0452. The molecule has 4 heteroatoms. The summed E-state index contributed by atoms with van der Waals surface area (Å²) in [4.78, 5) is 0. The Hall–Kier alpha value is 0.0969. The summed E-state index contributed by atoms with van der Waals surface area (Å²) in [6.07, 6.45) is 5.00. The maximum absolute atomic E-state index is 5.89. The fourth-order valence-corrected chi connectivity index (χ4v) is 2.76. The van der Waals surface area contributed by atoms with Crippen LogP contribution in [-0.4, -0.2) is 28.8 Å². The molecule has 0 rings (SSSR count). The first-order valence-electron chi connectivity index (χ1n) is 5.97. The van der Waals surface area contributed by atoms with Gasteiger partial charge in [-0.15, -0.1) is 0 Å². The predicted octanol–water partition coefficient (Wildman–Crippen LogP) is 2.76. The fourth-order valence-electron chi connectivity index (χ4n) is 1.45. The van der Waals surface area contributed by atoms with Crippen LogP contribution in [0.5, 0.6) is 0 Å². The van der Waals surface area contributed by atoms with Gasteiger partial charge in [-0.05, 0) is 26.7 Å². The summed E-state index contributed by atoms with van der Waals surface area (Å²) in [5.41, 5.74) is 0. The van der Waals surface area contributed by atoms with Crippen molar-refractivity contribution in [3.63, 3.8) is 0 Å². The topological polar surface area (TPSA) is 27.7 Å². The summed E-state index contributed by atoms with van der Waals surface area (Å²) in [6.45, 7) is 8.38. The van der Waals surface area contributed by atoms with Gasteiger partial charge in [-0.3, -0.25) is 0 Å². The average Bonchev–Trinajstić information content (AvgIpc) is 2.16. The second-order valence-electron chi connectivity index (χ2n) is 4.04. The second-order valence-corrected chi connectivity index (χ2v) is 5.64. The summed E-state index contributed by atoms with van der Waals surface area (Å²) >= 11 is 0. The van der Waals surface area contributed by atoms with Gasteiger partial charge in [0.15, 0.2) is 0 Å². The monoisotopic (exact) mass is 234 g/mol. The molecule has 0 aliphatic heterocycles. The zero-order valence-electron chi connectivity index (χ0n) is 10.8. The Bertz CT molecular complexity index is 136. The Balaban J connectivity index is 3.96. The van der Waals surface area contributed by atoms with Gasteiger partial charge in [-0.2, -0.15) is 0 Å². The van der Waals surface area contributed by atoms with Gasteiger partial charge in [-0.25, -0.2) is 0 Å². The molecule has 0 aromatic carbocycles. The standard InChI is InChI=1S/C11H26O3Si/c1-6-8-11(9-7-2)14-15(12-5)13-10(3)4/h10-11,15H,6-9H2,1-5H3. The van der Waals surface area contributed by atoms with Crippen LogP contribution in [0.2, 0.25) is 0 Å². The molecule has 0 radical (unpaired) electrons. The average molecular weight is 234 g/mol. The normalized spacial score (nSPS) is 13.8. The van der Waals surface area contributed by atoms with Crippen LogP contribution in [-0.2, 0) is 13.3 Å². The molecule has 0 aliphatic rings. The SMILES string of the molecule is CCCC(CCC)O[SiH](OC)OC(C)C. The van der Waals surface area contributed by atoms with E-state index in [-0.39, 0.29) is 6.10 Å². The van der Waals surface area contributed by atoms with E-state index in [1.807, 2.05) is 13.8 Å². The molecule has 0 amide bonds. The molecule has 0 aliphatic carbocycles. The van der Waals surface area contributed by atoms with Crippen molar-refractivity contribution in [2.24, 2.45) is 0 Å².